The molecule has 0 radical (unpaired) electrons. The summed E-state index contributed by atoms with van der Waals surface area (Å²) in [6, 6.07) is 5.19. The standard InChI is InChI=1S/C14H21N3O2S.ClH/c1-17-6-7-19-13-4-3-10(9-12(13)17)16-14(18)11(15)5-8-20-2;/h3-4,9,11H,5-8,15H2,1-2H3,(H,16,18);1H/t11-;/m0./s1. The number of rotatable bonds is 5. The molecule has 0 fully saturated rings. The molecule has 3 N–H and O–H groups in total. The van der Waals surface area contributed by atoms with Crippen molar-refractivity contribution in [2.45, 2.75) is 12.5 Å². The molecule has 21 heavy (non-hydrogen) atoms. The van der Waals surface area contributed by atoms with E-state index in [2.05, 4.69) is 10.2 Å². The number of thioether (sulfide) groups is 1. The number of carbonyl (C=O) groups excluding carboxylic acids is 1. The summed E-state index contributed by atoms with van der Waals surface area (Å²) >= 11 is 1.69. The maximum absolute atomic E-state index is 12.0. The molecule has 1 aromatic carbocycles. The summed E-state index contributed by atoms with van der Waals surface area (Å²) in [6.45, 7) is 1.53. The van der Waals surface area contributed by atoms with Gasteiger partial charge < -0.3 is 20.7 Å². The van der Waals surface area contributed by atoms with Crippen molar-refractivity contribution in [2.24, 2.45) is 5.73 Å². The fourth-order valence-corrected chi connectivity index (χ4v) is 2.53. The first-order valence-corrected chi connectivity index (χ1v) is 8.04. The largest absolute Gasteiger partial charge is 0.490 e. The minimum Gasteiger partial charge on any atom is -0.490 e. The number of fused-ring (bicyclic) bond motifs is 1. The molecule has 0 saturated heterocycles. The Balaban J connectivity index is 0.00000220. The molecule has 0 aromatic heterocycles. The highest BCUT2D eigenvalue weighted by atomic mass is 35.5. The van der Waals surface area contributed by atoms with E-state index in [4.69, 9.17) is 10.5 Å². The number of benzene rings is 1. The molecule has 1 atom stereocenters. The number of ether oxygens (including phenoxy) is 1. The zero-order valence-corrected chi connectivity index (χ0v) is 13.9. The predicted molar refractivity (Wildman–Crippen MR) is 92.1 cm³/mol. The van der Waals surface area contributed by atoms with Crippen molar-refractivity contribution in [2.75, 3.05) is 42.4 Å². The lowest BCUT2D eigenvalue weighted by molar-refractivity contribution is -0.117. The van der Waals surface area contributed by atoms with Gasteiger partial charge in [-0.3, -0.25) is 4.79 Å². The van der Waals surface area contributed by atoms with Gasteiger partial charge in [-0.05, 0) is 36.6 Å². The number of nitrogens with one attached hydrogen (secondary N) is 1. The van der Waals surface area contributed by atoms with Gasteiger partial charge in [-0.25, -0.2) is 0 Å². The smallest absolute Gasteiger partial charge is 0.241 e. The summed E-state index contributed by atoms with van der Waals surface area (Å²) in [7, 11) is 2.01. The molecule has 5 nitrogen and oxygen atoms in total. The number of carbonyl (C=O) groups is 1. The van der Waals surface area contributed by atoms with Crippen LogP contribution in [0.1, 0.15) is 6.42 Å². The van der Waals surface area contributed by atoms with E-state index in [0.717, 1.165) is 29.4 Å². The molecule has 0 spiro atoms. The third-order valence-electron chi connectivity index (χ3n) is 3.29. The van der Waals surface area contributed by atoms with Crippen LogP contribution in [0.3, 0.4) is 0 Å². The van der Waals surface area contributed by atoms with Gasteiger partial charge in [0.25, 0.3) is 0 Å². The Morgan fingerprint density at radius 1 is 1.57 bits per heavy atom. The molecule has 1 heterocycles. The van der Waals surface area contributed by atoms with Gasteiger partial charge in [0.2, 0.25) is 5.91 Å². The van der Waals surface area contributed by atoms with Crippen LogP contribution in [-0.4, -0.2) is 44.2 Å². The van der Waals surface area contributed by atoms with Crippen LogP contribution in [0, 0.1) is 0 Å². The number of halogens is 1. The number of likely N-dealkylation sites (N-methyl/N-ethyl adjacent to an activating group) is 1. The van der Waals surface area contributed by atoms with E-state index in [1.165, 1.54) is 0 Å². The van der Waals surface area contributed by atoms with Gasteiger partial charge in [0, 0.05) is 12.7 Å². The van der Waals surface area contributed by atoms with E-state index in [1.54, 1.807) is 11.8 Å². The van der Waals surface area contributed by atoms with Crippen LogP contribution in [0.2, 0.25) is 0 Å². The molecule has 1 aliphatic heterocycles. The number of hydrogen-bond acceptors (Lipinski definition) is 5. The fourth-order valence-electron chi connectivity index (χ4n) is 2.04. The third kappa shape index (κ3) is 4.69. The Bertz CT molecular complexity index is 487. The van der Waals surface area contributed by atoms with Crippen molar-refractivity contribution in [3.8, 4) is 5.75 Å². The number of nitrogens with zero attached hydrogens (tertiary/aromatic N) is 1. The van der Waals surface area contributed by atoms with Gasteiger partial charge in [0.05, 0.1) is 18.3 Å². The van der Waals surface area contributed by atoms with E-state index in [-0.39, 0.29) is 18.3 Å². The van der Waals surface area contributed by atoms with Gasteiger partial charge in [-0.2, -0.15) is 11.8 Å². The van der Waals surface area contributed by atoms with E-state index in [0.29, 0.717) is 13.0 Å². The molecule has 0 aliphatic carbocycles. The average Bonchev–Trinajstić information content (AvgIpc) is 2.45. The lowest BCUT2D eigenvalue weighted by atomic mass is 10.2. The number of amides is 1. The second kappa shape index (κ2) is 8.36. The SMILES string of the molecule is CSCC[C@H](N)C(=O)Nc1ccc2c(c1)N(C)CCO2.Cl. The lowest BCUT2D eigenvalue weighted by Crippen LogP contribution is -2.36. The van der Waals surface area contributed by atoms with E-state index in [9.17, 15) is 4.79 Å². The quantitative estimate of drug-likeness (QED) is 0.863. The molecule has 2 rings (SSSR count). The van der Waals surface area contributed by atoms with E-state index < -0.39 is 6.04 Å². The Morgan fingerprint density at radius 3 is 3.05 bits per heavy atom. The Labute approximate surface area is 136 Å². The van der Waals surface area contributed by atoms with Crippen molar-refractivity contribution in [3.05, 3.63) is 18.2 Å². The Morgan fingerprint density at radius 2 is 2.33 bits per heavy atom. The van der Waals surface area contributed by atoms with Gasteiger partial charge in [0.15, 0.2) is 0 Å². The first kappa shape index (κ1) is 17.9. The Kier molecular flexibility index (Phi) is 7.14. The maximum Gasteiger partial charge on any atom is 0.241 e. The second-order valence-corrected chi connectivity index (χ2v) is 5.82. The number of anilines is 2. The molecule has 0 unspecified atom stereocenters. The monoisotopic (exact) mass is 331 g/mol. The van der Waals surface area contributed by atoms with Gasteiger partial charge >= 0.3 is 0 Å². The van der Waals surface area contributed by atoms with Crippen molar-refractivity contribution in [1.82, 2.24) is 0 Å². The van der Waals surface area contributed by atoms with Crippen LogP contribution in [0.5, 0.6) is 5.75 Å². The van der Waals surface area contributed by atoms with Crippen molar-refractivity contribution >= 4 is 41.5 Å². The van der Waals surface area contributed by atoms with Crippen molar-refractivity contribution in [1.29, 1.82) is 0 Å². The van der Waals surface area contributed by atoms with Crippen LogP contribution in [0.15, 0.2) is 18.2 Å². The van der Waals surface area contributed by atoms with E-state index in [1.807, 2.05) is 31.5 Å². The first-order chi connectivity index (χ1) is 9.61. The van der Waals surface area contributed by atoms with Crippen LogP contribution in [0.25, 0.3) is 0 Å². The van der Waals surface area contributed by atoms with Gasteiger partial charge in [-0.1, -0.05) is 0 Å². The lowest BCUT2D eigenvalue weighted by Gasteiger charge is -2.28. The molecule has 1 amide bonds. The summed E-state index contributed by atoms with van der Waals surface area (Å²) in [5, 5.41) is 2.87. The van der Waals surface area contributed by atoms with Gasteiger partial charge in [0.1, 0.15) is 12.4 Å². The minimum absolute atomic E-state index is 0. The molecular weight excluding hydrogens is 310 g/mol. The molecule has 118 valence electrons. The number of nitrogens with two attached hydrogens (primary N) is 1. The third-order valence-corrected chi connectivity index (χ3v) is 3.94. The van der Waals surface area contributed by atoms with Crippen LogP contribution >= 0.6 is 24.2 Å². The highest BCUT2D eigenvalue weighted by molar-refractivity contribution is 7.98. The molecule has 0 bridgehead atoms. The van der Waals surface area contributed by atoms with Crippen LogP contribution in [0.4, 0.5) is 11.4 Å². The summed E-state index contributed by atoms with van der Waals surface area (Å²) in [6.07, 6.45) is 2.69. The molecule has 1 aliphatic rings. The summed E-state index contributed by atoms with van der Waals surface area (Å²) in [5.41, 5.74) is 7.60. The fraction of sp³-hybridized carbons (Fsp3) is 0.500. The molecule has 0 saturated carbocycles. The Hall–Kier alpha value is -1.11. The maximum atomic E-state index is 12.0. The molecule has 1 aromatic rings. The second-order valence-electron chi connectivity index (χ2n) is 4.83. The highest BCUT2D eigenvalue weighted by Crippen LogP contribution is 2.33. The van der Waals surface area contributed by atoms with E-state index >= 15 is 0 Å². The molecule has 7 heteroatoms. The zero-order valence-electron chi connectivity index (χ0n) is 12.3. The van der Waals surface area contributed by atoms with Gasteiger partial charge in [-0.15, -0.1) is 12.4 Å². The van der Waals surface area contributed by atoms with Crippen molar-refractivity contribution in [3.63, 3.8) is 0 Å². The minimum atomic E-state index is -0.465. The molecular formula is C14H22ClN3O2S. The topological polar surface area (TPSA) is 67.6 Å². The normalized spacial score (nSPS) is 14.5. The summed E-state index contributed by atoms with van der Waals surface area (Å²) in [5.74, 6) is 1.59. The first-order valence-electron chi connectivity index (χ1n) is 6.65. The highest BCUT2D eigenvalue weighted by Gasteiger charge is 2.17. The summed E-state index contributed by atoms with van der Waals surface area (Å²) in [4.78, 5) is 14.1. The zero-order chi connectivity index (χ0) is 14.5. The predicted octanol–water partition coefficient (Wildman–Crippen LogP) is 1.96. The van der Waals surface area contributed by atoms with Crippen molar-refractivity contribution < 1.29 is 9.53 Å². The summed E-state index contributed by atoms with van der Waals surface area (Å²) < 4.78 is 5.57. The van der Waals surface area contributed by atoms with Crippen LogP contribution < -0.4 is 20.7 Å². The average molecular weight is 332 g/mol. The number of hydrogen-bond donors (Lipinski definition) is 2. The van der Waals surface area contributed by atoms with Crippen LogP contribution in [-0.2, 0) is 4.79 Å².